The third-order valence-electron chi connectivity index (χ3n) is 5.46. The van der Waals surface area contributed by atoms with Crippen LogP contribution < -0.4 is 19.7 Å². The Morgan fingerprint density at radius 3 is 2.32 bits per heavy atom. The molecule has 0 aromatic heterocycles. The SMILES string of the molecule is COc1cc(/C=C2\C(=O)NC(=O)N(c3cc(Cl)ccc3C)C2=O)cc(Cl)c1OCc1ccc(Cl)cc1Cl. The summed E-state index contributed by atoms with van der Waals surface area (Å²) in [6.45, 7) is 1.80. The van der Waals surface area contributed by atoms with Crippen LogP contribution in [0.4, 0.5) is 10.5 Å². The number of nitrogens with one attached hydrogen (secondary N) is 1. The van der Waals surface area contributed by atoms with Gasteiger partial charge in [-0.25, -0.2) is 9.69 Å². The van der Waals surface area contributed by atoms with Gasteiger partial charge in [0.15, 0.2) is 11.5 Å². The van der Waals surface area contributed by atoms with Gasteiger partial charge in [-0.3, -0.25) is 14.9 Å². The van der Waals surface area contributed by atoms with E-state index in [0.29, 0.717) is 31.8 Å². The first-order valence-corrected chi connectivity index (χ1v) is 12.2. The fraction of sp³-hybridized carbons (Fsp3) is 0.115. The van der Waals surface area contributed by atoms with Crippen molar-refractivity contribution in [3.8, 4) is 11.5 Å². The summed E-state index contributed by atoms with van der Waals surface area (Å²) in [5.41, 5.74) is 1.65. The van der Waals surface area contributed by atoms with E-state index in [2.05, 4.69) is 5.32 Å². The van der Waals surface area contributed by atoms with Gasteiger partial charge in [-0.1, -0.05) is 58.5 Å². The van der Waals surface area contributed by atoms with Crippen molar-refractivity contribution in [2.45, 2.75) is 13.5 Å². The van der Waals surface area contributed by atoms with Crippen molar-refractivity contribution >= 4 is 76.0 Å². The van der Waals surface area contributed by atoms with E-state index in [9.17, 15) is 14.4 Å². The summed E-state index contributed by atoms with van der Waals surface area (Å²) in [6.07, 6.45) is 1.31. The van der Waals surface area contributed by atoms with E-state index in [4.69, 9.17) is 55.9 Å². The summed E-state index contributed by atoms with van der Waals surface area (Å²) < 4.78 is 11.3. The Bertz CT molecular complexity index is 1470. The zero-order valence-electron chi connectivity index (χ0n) is 19.4. The molecule has 0 bridgehead atoms. The van der Waals surface area contributed by atoms with Crippen molar-refractivity contribution in [3.63, 3.8) is 0 Å². The fourth-order valence-corrected chi connectivity index (χ4v) is 4.52. The zero-order valence-corrected chi connectivity index (χ0v) is 22.4. The van der Waals surface area contributed by atoms with E-state index in [1.54, 1.807) is 43.3 Å². The lowest BCUT2D eigenvalue weighted by molar-refractivity contribution is -0.122. The molecule has 0 unspecified atom stereocenters. The van der Waals surface area contributed by atoms with Gasteiger partial charge in [0.2, 0.25) is 0 Å². The standard InChI is InChI=1S/C26H18Cl4N2O5/c1-13-3-5-17(28)11-21(13)32-25(34)18(24(33)31-26(32)35)7-14-8-20(30)23(22(9-14)36-2)37-12-15-4-6-16(27)10-19(15)29/h3-11H,12H2,1-2H3,(H,31,33,35)/b18-7+. The summed E-state index contributed by atoms with van der Waals surface area (Å²) in [5.74, 6) is -1.17. The fourth-order valence-electron chi connectivity index (χ4n) is 3.62. The van der Waals surface area contributed by atoms with Gasteiger partial charge in [-0.15, -0.1) is 0 Å². The second-order valence-corrected chi connectivity index (χ2v) is 9.63. The maximum Gasteiger partial charge on any atom is 0.335 e. The van der Waals surface area contributed by atoms with Crippen LogP contribution in [0.15, 0.2) is 54.1 Å². The minimum atomic E-state index is -0.877. The number of hydrogen-bond acceptors (Lipinski definition) is 5. The first-order chi connectivity index (χ1) is 17.6. The van der Waals surface area contributed by atoms with Crippen LogP contribution in [0.5, 0.6) is 11.5 Å². The number of ether oxygens (including phenoxy) is 2. The van der Waals surface area contributed by atoms with Gasteiger partial charge in [-0.2, -0.15) is 0 Å². The van der Waals surface area contributed by atoms with Gasteiger partial charge in [0.05, 0.1) is 17.8 Å². The molecule has 0 radical (unpaired) electrons. The molecule has 190 valence electrons. The maximum absolute atomic E-state index is 13.3. The minimum Gasteiger partial charge on any atom is -0.493 e. The van der Waals surface area contributed by atoms with Crippen molar-refractivity contribution in [1.82, 2.24) is 5.32 Å². The maximum atomic E-state index is 13.3. The molecule has 3 aromatic rings. The number of methoxy groups -OCH3 is 1. The summed E-state index contributed by atoms with van der Waals surface area (Å²) in [5, 5.41) is 3.60. The Kier molecular flexibility index (Phi) is 7.99. The highest BCUT2D eigenvalue weighted by Crippen LogP contribution is 2.38. The monoisotopic (exact) mass is 578 g/mol. The highest BCUT2D eigenvalue weighted by Gasteiger charge is 2.37. The highest BCUT2D eigenvalue weighted by molar-refractivity contribution is 6.40. The molecule has 0 saturated carbocycles. The number of barbiturate groups is 1. The van der Waals surface area contributed by atoms with Crippen LogP contribution in [-0.4, -0.2) is 25.0 Å². The van der Waals surface area contributed by atoms with E-state index < -0.39 is 17.8 Å². The quantitative estimate of drug-likeness (QED) is 0.255. The summed E-state index contributed by atoms with van der Waals surface area (Å²) in [7, 11) is 1.42. The molecule has 0 aliphatic carbocycles. The van der Waals surface area contributed by atoms with E-state index >= 15 is 0 Å². The Morgan fingerprint density at radius 2 is 1.62 bits per heavy atom. The van der Waals surface area contributed by atoms with Crippen LogP contribution in [0.25, 0.3) is 6.08 Å². The van der Waals surface area contributed by atoms with Crippen LogP contribution >= 0.6 is 46.4 Å². The smallest absolute Gasteiger partial charge is 0.335 e. The molecule has 1 saturated heterocycles. The number of urea groups is 1. The third-order valence-corrected chi connectivity index (χ3v) is 6.57. The second-order valence-electron chi connectivity index (χ2n) is 7.95. The average molecular weight is 580 g/mol. The molecule has 3 aromatic carbocycles. The average Bonchev–Trinajstić information content (AvgIpc) is 2.83. The number of carbonyl (C=O) groups excluding carboxylic acids is 3. The number of imide groups is 2. The summed E-state index contributed by atoms with van der Waals surface area (Å²) >= 11 is 24.7. The van der Waals surface area contributed by atoms with E-state index in [-0.39, 0.29) is 34.4 Å². The van der Waals surface area contributed by atoms with Gasteiger partial charge in [0.25, 0.3) is 11.8 Å². The van der Waals surface area contributed by atoms with Crippen molar-refractivity contribution in [3.05, 3.63) is 90.9 Å². The van der Waals surface area contributed by atoms with Crippen LogP contribution in [0, 0.1) is 6.92 Å². The topological polar surface area (TPSA) is 84.9 Å². The number of nitrogens with zero attached hydrogens (tertiary/aromatic N) is 1. The number of anilines is 1. The molecule has 0 atom stereocenters. The van der Waals surface area contributed by atoms with Gasteiger partial charge < -0.3 is 9.47 Å². The molecule has 1 heterocycles. The molecule has 4 rings (SSSR count). The van der Waals surface area contributed by atoms with Crippen molar-refractivity contribution in [2.75, 3.05) is 12.0 Å². The molecular formula is C26H18Cl4N2O5. The van der Waals surface area contributed by atoms with Gasteiger partial charge in [-0.05, 0) is 60.5 Å². The number of rotatable bonds is 6. The predicted molar refractivity (Wildman–Crippen MR) is 144 cm³/mol. The number of hydrogen-bond donors (Lipinski definition) is 1. The number of amides is 4. The number of benzene rings is 3. The normalized spacial score (nSPS) is 14.7. The number of carbonyl (C=O) groups is 3. The van der Waals surface area contributed by atoms with Crippen LogP contribution in [0.3, 0.4) is 0 Å². The Balaban J connectivity index is 1.66. The summed E-state index contributed by atoms with van der Waals surface area (Å²) in [4.78, 5) is 39.2. The Morgan fingerprint density at radius 1 is 0.919 bits per heavy atom. The van der Waals surface area contributed by atoms with E-state index in [1.807, 2.05) is 0 Å². The second kappa shape index (κ2) is 11.0. The first-order valence-electron chi connectivity index (χ1n) is 10.7. The van der Waals surface area contributed by atoms with Crippen LogP contribution in [0.2, 0.25) is 20.1 Å². The molecule has 11 heteroatoms. The molecule has 7 nitrogen and oxygen atoms in total. The van der Waals surface area contributed by atoms with Gasteiger partial charge in [0, 0.05) is 20.6 Å². The number of halogens is 4. The van der Waals surface area contributed by atoms with Crippen LogP contribution in [-0.2, 0) is 16.2 Å². The van der Waals surface area contributed by atoms with Gasteiger partial charge >= 0.3 is 6.03 Å². The molecule has 1 aliphatic heterocycles. The predicted octanol–water partition coefficient (Wildman–Crippen LogP) is 6.86. The van der Waals surface area contributed by atoms with E-state index in [1.165, 1.54) is 25.3 Å². The first kappa shape index (κ1) is 26.8. The third kappa shape index (κ3) is 5.70. The van der Waals surface area contributed by atoms with Gasteiger partial charge in [0.1, 0.15) is 12.2 Å². The lowest BCUT2D eigenvalue weighted by atomic mass is 10.1. The largest absolute Gasteiger partial charge is 0.493 e. The van der Waals surface area contributed by atoms with Crippen molar-refractivity contribution in [2.24, 2.45) is 0 Å². The van der Waals surface area contributed by atoms with Crippen molar-refractivity contribution in [1.29, 1.82) is 0 Å². The Hall–Kier alpha value is -3.23. The lowest BCUT2D eigenvalue weighted by Gasteiger charge is -2.27. The molecule has 1 aliphatic rings. The molecule has 4 amide bonds. The molecule has 1 fully saturated rings. The van der Waals surface area contributed by atoms with Crippen molar-refractivity contribution < 1.29 is 23.9 Å². The lowest BCUT2D eigenvalue weighted by Crippen LogP contribution is -2.54. The molecule has 37 heavy (non-hydrogen) atoms. The van der Waals surface area contributed by atoms with E-state index in [0.717, 1.165) is 4.90 Å². The molecule has 1 N–H and O–H groups in total. The summed E-state index contributed by atoms with van der Waals surface area (Å²) in [6, 6.07) is 12.0. The highest BCUT2D eigenvalue weighted by atomic mass is 35.5. The Labute approximate surface area is 232 Å². The van der Waals surface area contributed by atoms with Crippen LogP contribution in [0.1, 0.15) is 16.7 Å². The minimum absolute atomic E-state index is 0.0868. The molecule has 0 spiro atoms. The molecular weight excluding hydrogens is 562 g/mol. The zero-order chi connectivity index (χ0) is 26.9. The number of aryl methyl sites for hydroxylation is 1.